The lowest BCUT2D eigenvalue weighted by atomic mass is 10.1. The van der Waals surface area contributed by atoms with E-state index in [0.717, 1.165) is 6.54 Å². The zero-order valence-electron chi connectivity index (χ0n) is 10.1. The van der Waals surface area contributed by atoms with E-state index in [1.54, 1.807) is 7.11 Å². The van der Waals surface area contributed by atoms with Gasteiger partial charge in [-0.2, -0.15) is 0 Å². The Kier molecular flexibility index (Phi) is 6.22. The van der Waals surface area contributed by atoms with Crippen LogP contribution in [0, 0.1) is 0 Å². The van der Waals surface area contributed by atoms with Crippen molar-refractivity contribution in [1.29, 1.82) is 0 Å². The summed E-state index contributed by atoms with van der Waals surface area (Å²) in [6.07, 6.45) is 7.68. The maximum absolute atomic E-state index is 9.65. The smallest absolute Gasteiger partial charge is 0.0900 e. The minimum atomic E-state index is -0.344. The summed E-state index contributed by atoms with van der Waals surface area (Å²) < 4.78 is 4.94. The summed E-state index contributed by atoms with van der Waals surface area (Å²) in [7, 11) is 3.75. The molecule has 0 aromatic heterocycles. The van der Waals surface area contributed by atoms with Crippen LogP contribution in [0.1, 0.15) is 38.5 Å². The predicted molar refractivity (Wildman–Crippen MR) is 62.0 cm³/mol. The van der Waals surface area contributed by atoms with Crippen LogP contribution in [0.15, 0.2) is 0 Å². The number of nitrogens with zero attached hydrogens (tertiary/aromatic N) is 1. The van der Waals surface area contributed by atoms with E-state index in [4.69, 9.17) is 4.74 Å². The molecule has 3 heteroatoms. The van der Waals surface area contributed by atoms with E-state index in [1.807, 2.05) is 0 Å². The van der Waals surface area contributed by atoms with Crippen LogP contribution in [0.25, 0.3) is 0 Å². The summed E-state index contributed by atoms with van der Waals surface area (Å²) in [6.45, 7) is 1.18. The fraction of sp³-hybridized carbons (Fsp3) is 1.00. The SMILES string of the molecule is COCC(O)CN(C)C1CCCCCC1. The number of aliphatic hydroxyl groups excluding tert-OH is 1. The van der Waals surface area contributed by atoms with Crippen molar-refractivity contribution in [3.63, 3.8) is 0 Å². The molecule has 1 aliphatic carbocycles. The summed E-state index contributed by atoms with van der Waals surface area (Å²) in [5.41, 5.74) is 0. The lowest BCUT2D eigenvalue weighted by molar-refractivity contribution is 0.0325. The highest BCUT2D eigenvalue weighted by Crippen LogP contribution is 2.20. The normalized spacial score (nSPS) is 21.6. The minimum Gasteiger partial charge on any atom is -0.389 e. The Labute approximate surface area is 93.4 Å². The summed E-state index contributed by atoms with van der Waals surface area (Å²) in [5.74, 6) is 0. The number of hydrogen-bond donors (Lipinski definition) is 1. The van der Waals surface area contributed by atoms with Gasteiger partial charge in [-0.25, -0.2) is 0 Å². The Hall–Kier alpha value is -0.120. The third-order valence-electron chi connectivity index (χ3n) is 3.31. The molecule has 0 aromatic rings. The molecule has 15 heavy (non-hydrogen) atoms. The quantitative estimate of drug-likeness (QED) is 0.708. The Morgan fingerprint density at radius 2 is 1.87 bits per heavy atom. The Morgan fingerprint density at radius 1 is 1.27 bits per heavy atom. The van der Waals surface area contributed by atoms with Crippen LogP contribution in [-0.4, -0.2) is 49.5 Å². The van der Waals surface area contributed by atoms with Gasteiger partial charge in [-0.3, -0.25) is 0 Å². The minimum absolute atomic E-state index is 0.344. The Bertz CT molecular complexity index is 156. The molecule has 0 saturated heterocycles. The van der Waals surface area contributed by atoms with Crippen molar-refractivity contribution in [2.24, 2.45) is 0 Å². The van der Waals surface area contributed by atoms with Crippen molar-refractivity contribution in [2.75, 3.05) is 27.3 Å². The molecular formula is C12H25NO2. The van der Waals surface area contributed by atoms with Crippen LogP contribution in [0.2, 0.25) is 0 Å². The van der Waals surface area contributed by atoms with Gasteiger partial charge in [-0.05, 0) is 19.9 Å². The van der Waals surface area contributed by atoms with Gasteiger partial charge in [0.05, 0.1) is 12.7 Å². The highest BCUT2D eigenvalue weighted by atomic mass is 16.5. The molecule has 1 fully saturated rings. The van der Waals surface area contributed by atoms with E-state index in [1.165, 1.54) is 38.5 Å². The molecule has 0 bridgehead atoms. The van der Waals surface area contributed by atoms with Gasteiger partial charge >= 0.3 is 0 Å². The predicted octanol–water partition coefficient (Wildman–Crippen LogP) is 1.65. The summed E-state index contributed by atoms with van der Waals surface area (Å²) in [5, 5.41) is 9.65. The second kappa shape index (κ2) is 7.20. The van der Waals surface area contributed by atoms with Gasteiger partial charge in [0.15, 0.2) is 0 Å². The van der Waals surface area contributed by atoms with E-state index in [-0.39, 0.29) is 6.10 Å². The fourth-order valence-electron chi connectivity index (χ4n) is 2.43. The van der Waals surface area contributed by atoms with Gasteiger partial charge in [0.1, 0.15) is 0 Å². The second-order valence-corrected chi connectivity index (χ2v) is 4.69. The van der Waals surface area contributed by atoms with Crippen LogP contribution < -0.4 is 0 Å². The van der Waals surface area contributed by atoms with E-state index in [0.29, 0.717) is 12.6 Å². The molecular weight excluding hydrogens is 190 g/mol. The molecule has 1 atom stereocenters. The molecule has 1 rings (SSSR count). The van der Waals surface area contributed by atoms with Crippen LogP contribution in [-0.2, 0) is 4.74 Å². The number of aliphatic hydroxyl groups is 1. The first-order valence-corrected chi connectivity index (χ1v) is 6.11. The molecule has 0 spiro atoms. The van der Waals surface area contributed by atoms with Crippen molar-refractivity contribution in [1.82, 2.24) is 4.90 Å². The first-order valence-electron chi connectivity index (χ1n) is 6.11. The Balaban J connectivity index is 2.27. The maximum Gasteiger partial charge on any atom is 0.0900 e. The van der Waals surface area contributed by atoms with E-state index in [9.17, 15) is 5.11 Å². The molecule has 0 radical (unpaired) electrons. The zero-order chi connectivity index (χ0) is 11.1. The van der Waals surface area contributed by atoms with Gasteiger partial charge in [0.25, 0.3) is 0 Å². The highest BCUT2D eigenvalue weighted by molar-refractivity contribution is 4.74. The van der Waals surface area contributed by atoms with Gasteiger partial charge in [0, 0.05) is 19.7 Å². The monoisotopic (exact) mass is 215 g/mol. The number of rotatable bonds is 5. The molecule has 0 aromatic carbocycles. The standard InChI is InChI=1S/C12H25NO2/c1-13(9-12(14)10-15-2)11-7-5-3-4-6-8-11/h11-12,14H,3-10H2,1-2H3. The molecule has 1 saturated carbocycles. The summed E-state index contributed by atoms with van der Waals surface area (Å²) in [4.78, 5) is 2.30. The van der Waals surface area contributed by atoms with Crippen LogP contribution >= 0.6 is 0 Å². The molecule has 1 N–H and O–H groups in total. The average Bonchev–Trinajstić information content (AvgIpc) is 2.45. The number of methoxy groups -OCH3 is 1. The summed E-state index contributed by atoms with van der Waals surface area (Å²) in [6, 6.07) is 0.666. The third-order valence-corrected chi connectivity index (χ3v) is 3.31. The van der Waals surface area contributed by atoms with Crippen molar-refractivity contribution in [3.8, 4) is 0 Å². The zero-order valence-corrected chi connectivity index (χ0v) is 10.1. The highest BCUT2D eigenvalue weighted by Gasteiger charge is 2.18. The molecule has 3 nitrogen and oxygen atoms in total. The molecule has 0 heterocycles. The number of likely N-dealkylation sites (N-methyl/N-ethyl adjacent to an activating group) is 1. The van der Waals surface area contributed by atoms with Crippen molar-refractivity contribution >= 4 is 0 Å². The first kappa shape index (κ1) is 12.9. The van der Waals surface area contributed by atoms with Crippen LogP contribution in [0.3, 0.4) is 0 Å². The number of hydrogen-bond acceptors (Lipinski definition) is 3. The first-order chi connectivity index (χ1) is 7.24. The average molecular weight is 215 g/mol. The van der Waals surface area contributed by atoms with Crippen molar-refractivity contribution in [2.45, 2.75) is 50.7 Å². The molecule has 0 aliphatic heterocycles. The van der Waals surface area contributed by atoms with Crippen molar-refractivity contribution in [3.05, 3.63) is 0 Å². The number of ether oxygens (including phenoxy) is 1. The molecule has 1 unspecified atom stereocenters. The topological polar surface area (TPSA) is 32.7 Å². The lowest BCUT2D eigenvalue weighted by Crippen LogP contribution is -2.38. The largest absolute Gasteiger partial charge is 0.389 e. The van der Waals surface area contributed by atoms with Gasteiger partial charge in [0.2, 0.25) is 0 Å². The Morgan fingerprint density at radius 3 is 2.40 bits per heavy atom. The van der Waals surface area contributed by atoms with Crippen LogP contribution in [0.5, 0.6) is 0 Å². The molecule has 1 aliphatic rings. The third kappa shape index (κ3) is 4.96. The van der Waals surface area contributed by atoms with Crippen LogP contribution in [0.4, 0.5) is 0 Å². The fourth-order valence-corrected chi connectivity index (χ4v) is 2.43. The summed E-state index contributed by atoms with van der Waals surface area (Å²) >= 11 is 0. The maximum atomic E-state index is 9.65. The van der Waals surface area contributed by atoms with E-state index >= 15 is 0 Å². The second-order valence-electron chi connectivity index (χ2n) is 4.69. The molecule has 0 amide bonds. The van der Waals surface area contributed by atoms with Gasteiger partial charge < -0.3 is 14.7 Å². The van der Waals surface area contributed by atoms with Gasteiger partial charge in [-0.1, -0.05) is 25.7 Å². The van der Waals surface area contributed by atoms with Crippen molar-refractivity contribution < 1.29 is 9.84 Å². The lowest BCUT2D eigenvalue weighted by Gasteiger charge is -2.28. The molecule has 90 valence electrons. The van der Waals surface area contributed by atoms with Gasteiger partial charge in [-0.15, -0.1) is 0 Å². The van der Waals surface area contributed by atoms with E-state index in [2.05, 4.69) is 11.9 Å². The van der Waals surface area contributed by atoms with E-state index < -0.39 is 0 Å².